The zero-order valence-corrected chi connectivity index (χ0v) is 11.8. The van der Waals surface area contributed by atoms with Crippen molar-refractivity contribution in [3.05, 3.63) is 0 Å². The minimum Gasteiger partial charge on any atom is -0.481 e. The minimum absolute atomic E-state index is 0.119. The highest BCUT2D eigenvalue weighted by Crippen LogP contribution is 2.10. The molecule has 0 aromatic heterocycles. The first-order valence-corrected chi connectivity index (χ1v) is 6.48. The fraction of sp³-hybridized carbons (Fsp3) is 0.750. The quantitative estimate of drug-likeness (QED) is 0.700. The predicted molar refractivity (Wildman–Crippen MR) is 70.3 cm³/mol. The van der Waals surface area contributed by atoms with E-state index in [0.717, 1.165) is 0 Å². The number of carboxylic acids is 1. The monoisotopic (exact) mass is 287 g/mol. The number of amides is 3. The first kappa shape index (κ1) is 16.2. The molecule has 0 aromatic carbocycles. The normalized spacial score (nSPS) is 18.5. The summed E-state index contributed by atoms with van der Waals surface area (Å²) in [7, 11) is 3.16. The van der Waals surface area contributed by atoms with Crippen molar-refractivity contribution in [3.8, 4) is 0 Å². The minimum atomic E-state index is -0.947. The van der Waals surface area contributed by atoms with Crippen LogP contribution in [0.5, 0.6) is 0 Å². The van der Waals surface area contributed by atoms with Crippen LogP contribution in [0.4, 0.5) is 4.79 Å². The lowest BCUT2D eigenvalue weighted by molar-refractivity contribution is -0.141. The van der Waals surface area contributed by atoms with Gasteiger partial charge in [0.15, 0.2) is 0 Å². The van der Waals surface area contributed by atoms with Crippen LogP contribution in [-0.4, -0.2) is 79.3 Å². The van der Waals surface area contributed by atoms with Crippen LogP contribution < -0.4 is 5.32 Å². The van der Waals surface area contributed by atoms with E-state index in [1.54, 1.807) is 19.0 Å². The van der Waals surface area contributed by atoms with Crippen molar-refractivity contribution in [2.24, 2.45) is 0 Å². The van der Waals surface area contributed by atoms with E-state index in [4.69, 9.17) is 9.84 Å². The summed E-state index contributed by atoms with van der Waals surface area (Å²) in [6.07, 6.45) is -0.356. The van der Waals surface area contributed by atoms with Gasteiger partial charge in [0.2, 0.25) is 5.91 Å². The van der Waals surface area contributed by atoms with E-state index < -0.39 is 12.1 Å². The van der Waals surface area contributed by atoms with E-state index >= 15 is 0 Å². The maximum absolute atomic E-state index is 12.1. The SMILES string of the molecule is CNC(=O)CCN(C)C(=O)N1CCOC(CC(=O)O)C1. The fourth-order valence-electron chi connectivity index (χ4n) is 1.94. The van der Waals surface area contributed by atoms with Crippen molar-refractivity contribution in [3.63, 3.8) is 0 Å². The van der Waals surface area contributed by atoms with Gasteiger partial charge in [-0.25, -0.2) is 4.79 Å². The van der Waals surface area contributed by atoms with Crippen LogP contribution in [0, 0.1) is 0 Å². The van der Waals surface area contributed by atoms with Gasteiger partial charge in [0, 0.05) is 40.2 Å². The Morgan fingerprint density at radius 2 is 2.15 bits per heavy atom. The van der Waals surface area contributed by atoms with Gasteiger partial charge in [-0.2, -0.15) is 0 Å². The lowest BCUT2D eigenvalue weighted by atomic mass is 10.2. The average Bonchev–Trinajstić information content (AvgIpc) is 2.43. The standard InChI is InChI=1S/C12H21N3O5/c1-13-10(16)3-4-14(2)12(19)15-5-6-20-9(8-15)7-11(17)18/h9H,3-8H2,1-2H3,(H,13,16)(H,17,18). The van der Waals surface area contributed by atoms with Crippen LogP contribution in [0.25, 0.3) is 0 Å². The molecule has 0 spiro atoms. The highest BCUT2D eigenvalue weighted by atomic mass is 16.5. The number of ether oxygens (including phenoxy) is 1. The highest BCUT2D eigenvalue weighted by molar-refractivity contribution is 5.78. The molecule has 0 radical (unpaired) electrons. The van der Waals surface area contributed by atoms with Crippen LogP contribution >= 0.6 is 0 Å². The summed E-state index contributed by atoms with van der Waals surface area (Å²) in [5, 5.41) is 11.2. The molecule has 0 saturated carbocycles. The lowest BCUT2D eigenvalue weighted by Crippen LogP contribution is -2.50. The topological polar surface area (TPSA) is 99.2 Å². The molecule has 0 aliphatic carbocycles. The second-order valence-electron chi connectivity index (χ2n) is 4.66. The molecule has 0 aromatic rings. The van der Waals surface area contributed by atoms with Gasteiger partial charge in [0.1, 0.15) is 0 Å². The van der Waals surface area contributed by atoms with Crippen molar-refractivity contribution in [1.82, 2.24) is 15.1 Å². The zero-order valence-electron chi connectivity index (χ0n) is 11.8. The molecule has 0 bridgehead atoms. The molecule has 114 valence electrons. The van der Waals surface area contributed by atoms with Gasteiger partial charge in [-0.15, -0.1) is 0 Å². The molecule has 1 atom stereocenters. The van der Waals surface area contributed by atoms with E-state index in [0.29, 0.717) is 19.7 Å². The molecule has 1 aliphatic heterocycles. The van der Waals surface area contributed by atoms with E-state index in [9.17, 15) is 14.4 Å². The van der Waals surface area contributed by atoms with Gasteiger partial charge >= 0.3 is 12.0 Å². The van der Waals surface area contributed by atoms with Crippen LogP contribution in [0.2, 0.25) is 0 Å². The summed E-state index contributed by atoms with van der Waals surface area (Å²) in [6.45, 7) is 1.33. The summed E-state index contributed by atoms with van der Waals surface area (Å²) in [5.74, 6) is -1.08. The maximum atomic E-state index is 12.1. The number of hydrogen-bond acceptors (Lipinski definition) is 4. The molecule has 8 nitrogen and oxygen atoms in total. The molecule has 8 heteroatoms. The van der Waals surface area contributed by atoms with Crippen molar-refractivity contribution in [1.29, 1.82) is 0 Å². The Labute approximate surface area is 117 Å². The number of aliphatic carboxylic acids is 1. The van der Waals surface area contributed by atoms with Gasteiger partial charge in [0.05, 0.1) is 19.1 Å². The third kappa shape index (κ3) is 5.04. The molecule has 20 heavy (non-hydrogen) atoms. The van der Waals surface area contributed by atoms with Crippen LogP contribution in [0.15, 0.2) is 0 Å². The van der Waals surface area contributed by atoms with E-state index in [1.165, 1.54) is 4.90 Å². The Hall–Kier alpha value is -1.83. The molecule has 1 heterocycles. The predicted octanol–water partition coefficient (Wildman–Crippen LogP) is -0.650. The Morgan fingerprint density at radius 1 is 1.45 bits per heavy atom. The molecule has 1 fully saturated rings. The van der Waals surface area contributed by atoms with Crippen molar-refractivity contribution in [2.45, 2.75) is 18.9 Å². The number of rotatable bonds is 5. The van der Waals surface area contributed by atoms with Gasteiger partial charge in [-0.3, -0.25) is 9.59 Å². The second kappa shape index (κ2) is 7.68. The summed E-state index contributed by atoms with van der Waals surface area (Å²) < 4.78 is 5.31. The smallest absolute Gasteiger partial charge is 0.319 e. The molecule has 2 N–H and O–H groups in total. The van der Waals surface area contributed by atoms with Crippen molar-refractivity contribution < 1.29 is 24.2 Å². The van der Waals surface area contributed by atoms with Gasteiger partial charge in [-0.1, -0.05) is 0 Å². The molecule has 3 amide bonds. The number of carbonyl (C=O) groups is 3. The zero-order chi connectivity index (χ0) is 15.1. The largest absolute Gasteiger partial charge is 0.481 e. The number of nitrogens with zero attached hydrogens (tertiary/aromatic N) is 2. The number of nitrogens with one attached hydrogen (secondary N) is 1. The number of urea groups is 1. The third-order valence-corrected chi connectivity index (χ3v) is 3.09. The second-order valence-corrected chi connectivity index (χ2v) is 4.66. The Kier molecular flexibility index (Phi) is 6.23. The van der Waals surface area contributed by atoms with Gasteiger partial charge in [0.25, 0.3) is 0 Å². The van der Waals surface area contributed by atoms with E-state index in [-0.39, 0.29) is 31.3 Å². The fourth-order valence-corrected chi connectivity index (χ4v) is 1.94. The Morgan fingerprint density at radius 3 is 2.75 bits per heavy atom. The summed E-state index contributed by atoms with van der Waals surface area (Å²) >= 11 is 0. The molecule has 1 aliphatic rings. The number of carbonyl (C=O) groups excluding carboxylic acids is 2. The van der Waals surface area contributed by atoms with E-state index in [2.05, 4.69) is 5.32 Å². The summed E-state index contributed by atoms with van der Waals surface area (Å²) in [5.41, 5.74) is 0. The number of hydrogen-bond donors (Lipinski definition) is 2. The maximum Gasteiger partial charge on any atom is 0.319 e. The van der Waals surface area contributed by atoms with Crippen LogP contribution in [-0.2, 0) is 14.3 Å². The number of carboxylic acid groups (broad SMARTS) is 1. The molecular weight excluding hydrogens is 266 g/mol. The molecule has 1 rings (SSSR count). The van der Waals surface area contributed by atoms with Crippen molar-refractivity contribution >= 4 is 17.9 Å². The molecule has 1 saturated heterocycles. The van der Waals surface area contributed by atoms with Crippen LogP contribution in [0.1, 0.15) is 12.8 Å². The third-order valence-electron chi connectivity index (χ3n) is 3.09. The first-order chi connectivity index (χ1) is 9.43. The lowest BCUT2D eigenvalue weighted by Gasteiger charge is -2.34. The molecule has 1 unspecified atom stereocenters. The molecular formula is C12H21N3O5. The van der Waals surface area contributed by atoms with Crippen molar-refractivity contribution in [2.75, 3.05) is 40.3 Å². The first-order valence-electron chi connectivity index (χ1n) is 6.48. The van der Waals surface area contributed by atoms with Gasteiger partial charge < -0.3 is 25.0 Å². The average molecular weight is 287 g/mol. The van der Waals surface area contributed by atoms with E-state index in [1.807, 2.05) is 0 Å². The Bertz CT molecular complexity index is 374. The van der Waals surface area contributed by atoms with Gasteiger partial charge in [-0.05, 0) is 0 Å². The number of morpholine rings is 1. The van der Waals surface area contributed by atoms with Crippen LogP contribution in [0.3, 0.4) is 0 Å². The highest BCUT2D eigenvalue weighted by Gasteiger charge is 2.27. The summed E-state index contributed by atoms with van der Waals surface area (Å²) in [6, 6.07) is -0.215. The Balaban J connectivity index is 2.45. The summed E-state index contributed by atoms with van der Waals surface area (Å²) in [4.78, 5) is 37.0.